The van der Waals surface area contributed by atoms with Crippen LogP contribution in [0.25, 0.3) is 33.7 Å². The topological polar surface area (TPSA) is 99.0 Å². The van der Waals surface area contributed by atoms with E-state index in [4.69, 9.17) is 8.83 Å². The Hall–Kier alpha value is -4.20. The Bertz CT molecular complexity index is 1320. The van der Waals surface area contributed by atoms with Crippen molar-refractivity contribution >= 4 is 22.8 Å². The van der Waals surface area contributed by atoms with Crippen molar-refractivity contribution in [2.45, 2.75) is 0 Å². The highest BCUT2D eigenvalue weighted by molar-refractivity contribution is 6.03. The van der Waals surface area contributed by atoms with Crippen LogP contribution >= 0.6 is 0 Å². The smallest absolute Gasteiger partial charge is 0.322 e. The van der Waals surface area contributed by atoms with Gasteiger partial charge in [0.05, 0.1) is 11.8 Å². The highest BCUT2D eigenvalue weighted by Crippen LogP contribution is 2.25. The van der Waals surface area contributed by atoms with E-state index in [1.807, 2.05) is 25.4 Å². The van der Waals surface area contributed by atoms with Crippen LogP contribution in [-0.4, -0.2) is 25.7 Å². The molecule has 0 aliphatic rings. The van der Waals surface area contributed by atoms with Gasteiger partial charge in [0.1, 0.15) is 0 Å². The Morgan fingerprint density at radius 1 is 1.07 bits per heavy atom. The quantitative estimate of drug-likeness (QED) is 0.499. The second-order valence-electron chi connectivity index (χ2n) is 6.51. The average Bonchev–Trinajstić information content (AvgIpc) is 3.49. The van der Waals surface area contributed by atoms with Crippen LogP contribution in [0, 0.1) is 0 Å². The van der Waals surface area contributed by atoms with Crippen LogP contribution in [0.1, 0.15) is 10.4 Å². The zero-order valence-corrected chi connectivity index (χ0v) is 15.4. The van der Waals surface area contributed by atoms with Crippen molar-refractivity contribution in [1.82, 2.24) is 19.7 Å². The number of nitrogens with one attached hydrogen (secondary N) is 1. The third-order valence-electron chi connectivity index (χ3n) is 4.60. The number of rotatable bonds is 4. The number of anilines is 1. The maximum absolute atomic E-state index is 12.6. The molecule has 1 amide bonds. The van der Waals surface area contributed by atoms with Crippen LogP contribution < -0.4 is 5.32 Å². The van der Waals surface area contributed by atoms with Crippen molar-refractivity contribution in [3.63, 3.8) is 0 Å². The first-order valence-electron chi connectivity index (χ1n) is 8.86. The lowest BCUT2D eigenvalue weighted by atomic mass is 10.0. The van der Waals surface area contributed by atoms with Crippen LogP contribution in [0.2, 0.25) is 0 Å². The monoisotopic (exact) mass is 385 g/mol. The molecule has 0 saturated heterocycles. The molecule has 1 aromatic carbocycles. The molecule has 8 nitrogen and oxygen atoms in total. The zero-order chi connectivity index (χ0) is 19.8. The molecule has 0 unspecified atom stereocenters. The van der Waals surface area contributed by atoms with Crippen LogP contribution in [-0.2, 0) is 7.05 Å². The summed E-state index contributed by atoms with van der Waals surface area (Å²) in [6.45, 7) is 0. The molecule has 4 aromatic heterocycles. The third kappa shape index (κ3) is 3.16. The van der Waals surface area contributed by atoms with E-state index in [9.17, 15) is 4.79 Å². The van der Waals surface area contributed by atoms with Gasteiger partial charge in [0.2, 0.25) is 0 Å². The van der Waals surface area contributed by atoms with Gasteiger partial charge in [-0.3, -0.25) is 15.1 Å². The predicted octanol–water partition coefficient (Wildman–Crippen LogP) is 4.14. The Labute approximate surface area is 164 Å². The largest absolute Gasteiger partial charge is 0.459 e. The lowest BCUT2D eigenvalue weighted by Crippen LogP contribution is -2.12. The lowest BCUT2D eigenvalue weighted by Gasteiger charge is -2.05. The van der Waals surface area contributed by atoms with Crippen LogP contribution in [0.3, 0.4) is 0 Å². The molecule has 4 heterocycles. The molecule has 5 rings (SSSR count). The Morgan fingerprint density at radius 3 is 2.86 bits per heavy atom. The molecule has 29 heavy (non-hydrogen) atoms. The van der Waals surface area contributed by atoms with Gasteiger partial charge in [-0.25, -0.2) is 0 Å². The molecule has 0 bridgehead atoms. The summed E-state index contributed by atoms with van der Waals surface area (Å²) in [6.07, 6.45) is 6.73. The summed E-state index contributed by atoms with van der Waals surface area (Å²) in [5.74, 6) is 0.223. The van der Waals surface area contributed by atoms with Gasteiger partial charge < -0.3 is 13.4 Å². The molecule has 142 valence electrons. The number of aryl methyl sites for hydroxylation is 1. The Morgan fingerprint density at radius 2 is 2.00 bits per heavy atom. The van der Waals surface area contributed by atoms with Gasteiger partial charge in [-0.05, 0) is 42.0 Å². The van der Waals surface area contributed by atoms with Crippen molar-refractivity contribution in [2.75, 3.05) is 5.32 Å². The number of pyridine rings is 1. The minimum atomic E-state index is -0.394. The first kappa shape index (κ1) is 16.9. The van der Waals surface area contributed by atoms with Gasteiger partial charge in [-0.2, -0.15) is 0 Å². The number of fused-ring (bicyclic) bond motifs is 1. The molecule has 5 aromatic rings. The number of hydrogen-bond donors (Lipinski definition) is 1. The highest BCUT2D eigenvalue weighted by Gasteiger charge is 2.15. The normalized spacial score (nSPS) is 11.1. The fourth-order valence-electron chi connectivity index (χ4n) is 3.13. The minimum absolute atomic E-state index is 0.0162. The summed E-state index contributed by atoms with van der Waals surface area (Å²) in [6, 6.07) is 13.3. The van der Waals surface area contributed by atoms with Crippen molar-refractivity contribution in [1.29, 1.82) is 0 Å². The highest BCUT2D eigenvalue weighted by atomic mass is 16.4. The molecule has 0 atom stereocenters. The summed E-state index contributed by atoms with van der Waals surface area (Å²) in [4.78, 5) is 16.8. The fourth-order valence-corrected chi connectivity index (χ4v) is 3.13. The molecule has 0 radical (unpaired) electrons. The number of carbonyl (C=O) groups is 1. The second kappa shape index (κ2) is 6.75. The zero-order valence-electron chi connectivity index (χ0n) is 15.4. The first-order chi connectivity index (χ1) is 14.2. The fraction of sp³-hybridized carbons (Fsp3) is 0.0476. The molecule has 8 heteroatoms. The number of nitrogens with zero attached hydrogens (tertiary/aromatic N) is 4. The molecular weight excluding hydrogens is 370 g/mol. The Kier molecular flexibility index (Phi) is 3.94. The number of carbonyl (C=O) groups excluding carboxylic acids is 1. The van der Waals surface area contributed by atoms with E-state index in [0.717, 1.165) is 22.0 Å². The SMILES string of the molecule is Cn1ccc2cc(-c3cncc(C(=O)Nc4nnc(-c5ccco5)o4)c3)ccc21. The molecule has 0 saturated carbocycles. The summed E-state index contributed by atoms with van der Waals surface area (Å²) >= 11 is 0. The van der Waals surface area contributed by atoms with Gasteiger partial charge in [-0.15, -0.1) is 5.10 Å². The number of hydrogen-bond acceptors (Lipinski definition) is 6. The summed E-state index contributed by atoms with van der Waals surface area (Å²) in [5.41, 5.74) is 3.33. The maximum atomic E-state index is 12.6. The van der Waals surface area contributed by atoms with E-state index < -0.39 is 5.91 Å². The average molecular weight is 385 g/mol. The molecule has 0 fully saturated rings. The summed E-state index contributed by atoms with van der Waals surface area (Å²) < 4.78 is 12.7. The van der Waals surface area contributed by atoms with Crippen LogP contribution in [0.4, 0.5) is 6.01 Å². The maximum Gasteiger partial charge on any atom is 0.322 e. The van der Waals surface area contributed by atoms with E-state index in [-0.39, 0.29) is 11.9 Å². The lowest BCUT2D eigenvalue weighted by molar-refractivity contribution is 0.102. The third-order valence-corrected chi connectivity index (χ3v) is 4.60. The summed E-state index contributed by atoms with van der Waals surface area (Å²) in [7, 11) is 2.00. The van der Waals surface area contributed by atoms with Crippen LogP contribution in [0.15, 0.2) is 76.2 Å². The van der Waals surface area contributed by atoms with Gasteiger partial charge in [0.25, 0.3) is 11.8 Å². The van der Waals surface area contributed by atoms with Crippen molar-refractivity contribution < 1.29 is 13.6 Å². The van der Waals surface area contributed by atoms with Crippen molar-refractivity contribution in [3.05, 3.63) is 72.9 Å². The minimum Gasteiger partial charge on any atom is -0.459 e. The molecule has 0 spiro atoms. The van der Waals surface area contributed by atoms with E-state index in [1.165, 1.54) is 12.5 Å². The van der Waals surface area contributed by atoms with Crippen molar-refractivity contribution in [3.8, 4) is 22.8 Å². The standard InChI is InChI=1S/C21H15N5O3/c1-26-7-6-14-9-13(4-5-17(14)26)15-10-16(12-22-11-15)19(27)23-21-25-24-20(29-21)18-3-2-8-28-18/h2-12H,1H3,(H,23,25,27). The second-order valence-corrected chi connectivity index (χ2v) is 6.51. The van der Waals surface area contributed by atoms with Gasteiger partial charge in [-0.1, -0.05) is 11.2 Å². The predicted molar refractivity (Wildman–Crippen MR) is 106 cm³/mol. The summed E-state index contributed by atoms with van der Waals surface area (Å²) in [5, 5.41) is 11.4. The molecular formula is C21H15N5O3. The molecule has 0 aliphatic carbocycles. The number of furan rings is 1. The van der Waals surface area contributed by atoms with E-state index in [0.29, 0.717) is 11.3 Å². The van der Waals surface area contributed by atoms with E-state index in [2.05, 4.69) is 37.2 Å². The first-order valence-corrected chi connectivity index (χ1v) is 8.86. The number of amides is 1. The Balaban J connectivity index is 1.39. The van der Waals surface area contributed by atoms with E-state index in [1.54, 1.807) is 24.4 Å². The molecule has 0 aliphatic heterocycles. The number of aromatic nitrogens is 4. The van der Waals surface area contributed by atoms with Crippen LogP contribution in [0.5, 0.6) is 0 Å². The van der Waals surface area contributed by atoms with Gasteiger partial charge >= 0.3 is 6.01 Å². The van der Waals surface area contributed by atoms with Gasteiger partial charge in [0, 0.05) is 42.1 Å². The molecule has 1 N–H and O–H groups in total. The van der Waals surface area contributed by atoms with Crippen molar-refractivity contribution in [2.24, 2.45) is 7.05 Å². The number of benzene rings is 1. The van der Waals surface area contributed by atoms with E-state index >= 15 is 0 Å². The van der Waals surface area contributed by atoms with Gasteiger partial charge in [0.15, 0.2) is 5.76 Å².